The summed E-state index contributed by atoms with van der Waals surface area (Å²) in [4.78, 5) is 0. The quantitative estimate of drug-likeness (QED) is 0.925. The van der Waals surface area contributed by atoms with Crippen molar-refractivity contribution < 1.29 is 4.39 Å². The number of halogens is 3. The molecule has 0 aliphatic carbocycles. The zero-order chi connectivity index (χ0) is 12.6. The first kappa shape index (κ1) is 12.5. The number of hydrogen-bond donors (Lipinski definition) is 1. The molecule has 1 aromatic heterocycles. The minimum atomic E-state index is -0.646. The zero-order valence-electron chi connectivity index (χ0n) is 8.99. The van der Waals surface area contributed by atoms with Gasteiger partial charge in [0, 0.05) is 12.6 Å². The number of aryl methyl sites for hydroxylation is 1. The maximum Gasteiger partial charge on any atom is 0.142 e. The molecule has 0 saturated carbocycles. The first-order chi connectivity index (χ1) is 8.02. The van der Waals surface area contributed by atoms with Gasteiger partial charge in [-0.1, -0.05) is 23.7 Å². The molecule has 0 saturated heterocycles. The molecule has 2 rings (SSSR count). The molecule has 0 aliphatic heterocycles. The summed E-state index contributed by atoms with van der Waals surface area (Å²) in [5.74, 6) is -0.378. The third kappa shape index (κ3) is 2.22. The Hall–Kier alpha value is -0.910. The molecule has 0 aliphatic rings. The van der Waals surface area contributed by atoms with Crippen LogP contribution in [0.2, 0.25) is 5.02 Å². The van der Waals surface area contributed by atoms with Gasteiger partial charge in [-0.2, -0.15) is 5.10 Å². The summed E-state index contributed by atoms with van der Waals surface area (Å²) in [5.41, 5.74) is 6.99. The van der Waals surface area contributed by atoms with Gasteiger partial charge < -0.3 is 5.73 Å². The fourth-order valence-electron chi connectivity index (χ4n) is 1.68. The predicted molar refractivity (Wildman–Crippen MR) is 68.3 cm³/mol. The third-order valence-corrected chi connectivity index (χ3v) is 3.45. The van der Waals surface area contributed by atoms with Crippen molar-refractivity contribution in [2.45, 2.75) is 6.04 Å². The van der Waals surface area contributed by atoms with Crippen molar-refractivity contribution >= 4 is 27.5 Å². The van der Waals surface area contributed by atoms with Gasteiger partial charge in [0.25, 0.3) is 0 Å². The van der Waals surface area contributed by atoms with Gasteiger partial charge >= 0.3 is 0 Å². The van der Waals surface area contributed by atoms with Crippen molar-refractivity contribution in [2.24, 2.45) is 12.8 Å². The van der Waals surface area contributed by atoms with Gasteiger partial charge in [-0.3, -0.25) is 4.68 Å². The van der Waals surface area contributed by atoms with E-state index in [1.807, 2.05) is 0 Å². The summed E-state index contributed by atoms with van der Waals surface area (Å²) in [5, 5.41) is 4.42. The van der Waals surface area contributed by atoms with Crippen LogP contribution in [0.15, 0.2) is 28.9 Å². The lowest BCUT2D eigenvalue weighted by molar-refractivity contribution is 0.581. The largest absolute Gasteiger partial charge is 0.319 e. The van der Waals surface area contributed by atoms with Crippen molar-refractivity contribution in [3.63, 3.8) is 0 Å². The van der Waals surface area contributed by atoms with E-state index in [1.165, 1.54) is 6.20 Å². The van der Waals surface area contributed by atoms with E-state index in [9.17, 15) is 4.39 Å². The highest BCUT2D eigenvalue weighted by Gasteiger charge is 2.20. The Balaban J connectivity index is 2.51. The molecule has 2 N–H and O–H groups in total. The van der Waals surface area contributed by atoms with Gasteiger partial charge in [-0.25, -0.2) is 4.39 Å². The van der Waals surface area contributed by atoms with Gasteiger partial charge in [0.05, 0.1) is 27.4 Å². The molecule has 0 radical (unpaired) electrons. The third-order valence-electron chi connectivity index (χ3n) is 2.55. The molecule has 1 heterocycles. The molecule has 0 amide bonds. The normalized spacial score (nSPS) is 12.8. The molecule has 0 bridgehead atoms. The van der Waals surface area contributed by atoms with Gasteiger partial charge in [-0.05, 0) is 22.0 Å². The second kappa shape index (κ2) is 4.76. The first-order valence-corrected chi connectivity index (χ1v) is 6.06. The average Bonchev–Trinajstić information content (AvgIpc) is 2.62. The van der Waals surface area contributed by atoms with E-state index in [2.05, 4.69) is 21.0 Å². The van der Waals surface area contributed by atoms with E-state index in [1.54, 1.807) is 29.9 Å². The summed E-state index contributed by atoms with van der Waals surface area (Å²) in [6.45, 7) is 0. The van der Waals surface area contributed by atoms with Crippen LogP contribution in [0.1, 0.15) is 17.3 Å². The van der Waals surface area contributed by atoms with E-state index in [4.69, 9.17) is 17.3 Å². The number of nitrogens with two attached hydrogens (primary N) is 1. The molecule has 1 aromatic carbocycles. The SMILES string of the molecule is Cn1ncc(Cl)c1C(N)c1cccc(Br)c1F. The van der Waals surface area contributed by atoms with Crippen LogP contribution in [-0.2, 0) is 7.05 Å². The number of rotatable bonds is 2. The van der Waals surface area contributed by atoms with Gasteiger partial charge in [0.15, 0.2) is 0 Å². The number of nitrogens with zero attached hydrogens (tertiary/aromatic N) is 2. The summed E-state index contributed by atoms with van der Waals surface area (Å²) >= 11 is 9.11. The fraction of sp³-hybridized carbons (Fsp3) is 0.182. The topological polar surface area (TPSA) is 43.8 Å². The van der Waals surface area contributed by atoms with E-state index in [0.29, 0.717) is 20.8 Å². The van der Waals surface area contributed by atoms with Crippen molar-refractivity contribution in [3.05, 3.63) is 51.0 Å². The van der Waals surface area contributed by atoms with Crippen LogP contribution >= 0.6 is 27.5 Å². The maximum absolute atomic E-state index is 13.9. The minimum Gasteiger partial charge on any atom is -0.319 e. The minimum absolute atomic E-state index is 0.378. The van der Waals surface area contributed by atoms with Crippen LogP contribution in [-0.4, -0.2) is 9.78 Å². The van der Waals surface area contributed by atoms with Crippen LogP contribution < -0.4 is 5.73 Å². The van der Waals surface area contributed by atoms with Crippen LogP contribution in [0.4, 0.5) is 4.39 Å². The Kier molecular flexibility index (Phi) is 3.51. The van der Waals surface area contributed by atoms with Gasteiger partial charge in [0.1, 0.15) is 5.82 Å². The second-order valence-corrected chi connectivity index (χ2v) is 4.88. The summed E-state index contributed by atoms with van der Waals surface area (Å²) in [6.07, 6.45) is 1.49. The van der Waals surface area contributed by atoms with E-state index in [0.717, 1.165) is 0 Å². The van der Waals surface area contributed by atoms with Crippen LogP contribution in [0.3, 0.4) is 0 Å². The molecular formula is C11H10BrClFN3. The molecule has 90 valence electrons. The smallest absolute Gasteiger partial charge is 0.142 e. The highest BCUT2D eigenvalue weighted by atomic mass is 79.9. The molecule has 1 atom stereocenters. The Morgan fingerprint density at radius 2 is 2.24 bits per heavy atom. The highest BCUT2D eigenvalue weighted by molar-refractivity contribution is 9.10. The standard InChI is InChI=1S/C11H10BrClFN3/c1-17-11(8(13)5-16-17)10(15)6-3-2-4-7(12)9(6)14/h2-5,10H,15H2,1H3. The molecule has 6 heteroatoms. The fourth-order valence-corrected chi connectivity index (χ4v) is 2.34. The van der Waals surface area contributed by atoms with Crippen molar-refractivity contribution in [1.29, 1.82) is 0 Å². The first-order valence-electron chi connectivity index (χ1n) is 4.89. The number of aromatic nitrogens is 2. The molecule has 0 spiro atoms. The summed E-state index contributed by atoms with van der Waals surface area (Å²) in [7, 11) is 1.72. The summed E-state index contributed by atoms with van der Waals surface area (Å²) < 4.78 is 15.8. The van der Waals surface area contributed by atoms with Gasteiger partial charge in [-0.15, -0.1) is 0 Å². The Morgan fingerprint density at radius 3 is 2.82 bits per heavy atom. The van der Waals surface area contributed by atoms with Crippen LogP contribution in [0.5, 0.6) is 0 Å². The lowest BCUT2D eigenvalue weighted by Gasteiger charge is -2.14. The lowest BCUT2D eigenvalue weighted by atomic mass is 10.0. The highest BCUT2D eigenvalue weighted by Crippen LogP contribution is 2.29. The van der Waals surface area contributed by atoms with E-state index in [-0.39, 0.29) is 5.82 Å². The molecule has 2 aromatic rings. The number of hydrogen-bond acceptors (Lipinski definition) is 2. The molecule has 0 fully saturated rings. The van der Waals surface area contributed by atoms with E-state index < -0.39 is 6.04 Å². The maximum atomic E-state index is 13.9. The van der Waals surface area contributed by atoms with E-state index >= 15 is 0 Å². The monoisotopic (exact) mass is 317 g/mol. The van der Waals surface area contributed by atoms with Gasteiger partial charge in [0.2, 0.25) is 0 Å². The zero-order valence-corrected chi connectivity index (χ0v) is 11.3. The molecule has 3 nitrogen and oxygen atoms in total. The molecular weight excluding hydrogens is 308 g/mol. The molecule has 17 heavy (non-hydrogen) atoms. The Labute approximate surface area is 112 Å². The van der Waals surface area contributed by atoms with Crippen LogP contribution in [0, 0.1) is 5.82 Å². The van der Waals surface area contributed by atoms with Crippen LogP contribution in [0.25, 0.3) is 0 Å². The van der Waals surface area contributed by atoms with Crippen molar-refractivity contribution in [1.82, 2.24) is 9.78 Å². The Bertz CT molecular complexity index is 536. The summed E-state index contributed by atoms with van der Waals surface area (Å²) in [6, 6.07) is 4.34. The number of benzene rings is 1. The average molecular weight is 319 g/mol. The lowest BCUT2D eigenvalue weighted by Crippen LogP contribution is -2.18. The van der Waals surface area contributed by atoms with Crippen molar-refractivity contribution in [3.8, 4) is 0 Å². The van der Waals surface area contributed by atoms with Crippen molar-refractivity contribution in [2.75, 3.05) is 0 Å². The second-order valence-electron chi connectivity index (χ2n) is 3.62. The predicted octanol–water partition coefficient (Wildman–Crippen LogP) is 3.02. The Morgan fingerprint density at radius 1 is 1.53 bits per heavy atom. The molecule has 1 unspecified atom stereocenters.